The van der Waals surface area contributed by atoms with Gasteiger partial charge in [-0.1, -0.05) is 12.1 Å². The van der Waals surface area contributed by atoms with E-state index in [2.05, 4.69) is 10.2 Å². The summed E-state index contributed by atoms with van der Waals surface area (Å²) in [7, 11) is 2.45. The van der Waals surface area contributed by atoms with Gasteiger partial charge in [-0.05, 0) is 41.9 Å². The molecule has 0 aliphatic carbocycles. The van der Waals surface area contributed by atoms with E-state index in [4.69, 9.17) is 10.0 Å². The van der Waals surface area contributed by atoms with Crippen LogP contribution < -0.4 is 10.4 Å². The molecule has 0 aliphatic heterocycles. The number of anilines is 1. The number of azo groups is 1. The smallest absolute Gasteiger partial charge is 0.423 e. The van der Waals surface area contributed by atoms with Crippen molar-refractivity contribution in [2.75, 3.05) is 19.0 Å². The molecule has 0 bridgehead atoms. The third kappa shape index (κ3) is 3.66. The lowest BCUT2D eigenvalue weighted by molar-refractivity contribution is 0.426. The van der Waals surface area contributed by atoms with Crippen LogP contribution in [0.4, 0.5) is 17.1 Å². The minimum atomic E-state index is -1.50. The van der Waals surface area contributed by atoms with Gasteiger partial charge in [0.2, 0.25) is 0 Å². The fourth-order valence-corrected chi connectivity index (χ4v) is 1.68. The van der Waals surface area contributed by atoms with Gasteiger partial charge in [-0.3, -0.25) is 0 Å². The standard InChI is InChI=1S/C14H16BN3O2/c1-18(2)14-8-6-12(7-9-14)16-17-13-5-3-4-11(10-13)15(19)20/h3-10,19-20H,1-2H3. The maximum absolute atomic E-state index is 9.09. The Morgan fingerprint density at radius 2 is 1.55 bits per heavy atom. The Labute approximate surface area is 118 Å². The van der Waals surface area contributed by atoms with Crippen LogP contribution in [0, 0.1) is 0 Å². The fourth-order valence-electron chi connectivity index (χ4n) is 1.68. The molecule has 102 valence electrons. The van der Waals surface area contributed by atoms with Crippen LogP contribution >= 0.6 is 0 Å². The molecule has 2 rings (SSSR count). The van der Waals surface area contributed by atoms with Crippen LogP contribution in [0.5, 0.6) is 0 Å². The molecule has 0 amide bonds. The fraction of sp³-hybridized carbons (Fsp3) is 0.143. The lowest BCUT2D eigenvalue weighted by Crippen LogP contribution is -2.29. The molecule has 0 heterocycles. The van der Waals surface area contributed by atoms with E-state index in [1.165, 1.54) is 0 Å². The molecule has 0 aromatic heterocycles. The van der Waals surface area contributed by atoms with Crippen molar-refractivity contribution >= 4 is 29.6 Å². The molecule has 0 unspecified atom stereocenters. The normalized spacial score (nSPS) is 10.8. The summed E-state index contributed by atoms with van der Waals surface area (Å²) in [5, 5.41) is 26.4. The van der Waals surface area contributed by atoms with E-state index in [0.717, 1.165) is 11.4 Å². The zero-order valence-corrected chi connectivity index (χ0v) is 11.4. The van der Waals surface area contributed by atoms with Crippen LogP contribution in [0.15, 0.2) is 58.8 Å². The molecule has 0 atom stereocenters. The largest absolute Gasteiger partial charge is 0.488 e. The lowest BCUT2D eigenvalue weighted by atomic mass is 9.80. The summed E-state index contributed by atoms with van der Waals surface area (Å²) in [6, 6.07) is 14.3. The summed E-state index contributed by atoms with van der Waals surface area (Å²) >= 11 is 0. The Morgan fingerprint density at radius 3 is 2.15 bits per heavy atom. The number of hydrogen-bond donors (Lipinski definition) is 2. The molecule has 0 spiro atoms. The van der Waals surface area contributed by atoms with Crippen molar-refractivity contribution in [3.63, 3.8) is 0 Å². The average molecular weight is 269 g/mol. The van der Waals surface area contributed by atoms with Crippen molar-refractivity contribution < 1.29 is 10.0 Å². The quantitative estimate of drug-likeness (QED) is 0.657. The van der Waals surface area contributed by atoms with Crippen LogP contribution in [0.2, 0.25) is 0 Å². The number of nitrogens with zero attached hydrogens (tertiary/aromatic N) is 3. The zero-order chi connectivity index (χ0) is 14.5. The SMILES string of the molecule is CN(C)c1ccc(N=Nc2cccc(B(O)O)c2)cc1. The third-order valence-electron chi connectivity index (χ3n) is 2.82. The van der Waals surface area contributed by atoms with Crippen molar-refractivity contribution in [3.05, 3.63) is 48.5 Å². The van der Waals surface area contributed by atoms with Crippen LogP contribution in [0.25, 0.3) is 0 Å². The topological polar surface area (TPSA) is 68.4 Å². The number of rotatable bonds is 4. The Bertz CT molecular complexity index is 598. The van der Waals surface area contributed by atoms with Gasteiger partial charge in [0.25, 0.3) is 0 Å². The molecule has 5 nitrogen and oxygen atoms in total. The van der Waals surface area contributed by atoms with Crippen LogP contribution in [-0.2, 0) is 0 Å². The summed E-state index contributed by atoms with van der Waals surface area (Å²) in [4.78, 5) is 2.01. The molecule has 20 heavy (non-hydrogen) atoms. The Morgan fingerprint density at radius 1 is 0.900 bits per heavy atom. The van der Waals surface area contributed by atoms with Crippen LogP contribution in [0.1, 0.15) is 0 Å². The minimum Gasteiger partial charge on any atom is -0.423 e. The zero-order valence-electron chi connectivity index (χ0n) is 11.4. The van der Waals surface area contributed by atoms with Gasteiger partial charge >= 0.3 is 7.12 Å². The molecular weight excluding hydrogens is 253 g/mol. The highest BCUT2D eigenvalue weighted by Crippen LogP contribution is 2.20. The van der Waals surface area contributed by atoms with Crippen molar-refractivity contribution in [1.29, 1.82) is 0 Å². The predicted molar refractivity (Wildman–Crippen MR) is 81.2 cm³/mol. The Balaban J connectivity index is 2.14. The average Bonchev–Trinajstić information content (AvgIpc) is 2.46. The molecule has 2 aromatic carbocycles. The van der Waals surface area contributed by atoms with Crippen molar-refractivity contribution in [2.24, 2.45) is 10.2 Å². The maximum atomic E-state index is 9.09. The van der Waals surface area contributed by atoms with E-state index in [1.54, 1.807) is 24.3 Å². The Kier molecular flexibility index (Phi) is 4.50. The summed E-state index contributed by atoms with van der Waals surface area (Å²) in [6.07, 6.45) is 0. The highest BCUT2D eigenvalue weighted by Gasteiger charge is 2.10. The molecule has 2 N–H and O–H groups in total. The highest BCUT2D eigenvalue weighted by molar-refractivity contribution is 6.58. The molecule has 0 aliphatic rings. The van der Waals surface area contributed by atoms with Gasteiger partial charge in [0, 0.05) is 19.8 Å². The molecule has 0 saturated carbocycles. The monoisotopic (exact) mass is 269 g/mol. The van der Waals surface area contributed by atoms with Gasteiger partial charge in [0.05, 0.1) is 11.4 Å². The molecule has 6 heteroatoms. The van der Waals surface area contributed by atoms with E-state index in [-0.39, 0.29) is 0 Å². The van der Waals surface area contributed by atoms with E-state index in [0.29, 0.717) is 11.2 Å². The molecule has 0 radical (unpaired) electrons. The summed E-state index contributed by atoms with van der Waals surface area (Å²) in [6.45, 7) is 0. The van der Waals surface area contributed by atoms with Crippen molar-refractivity contribution in [1.82, 2.24) is 0 Å². The summed E-state index contributed by atoms with van der Waals surface area (Å²) < 4.78 is 0. The molecule has 0 saturated heterocycles. The second-order valence-corrected chi connectivity index (χ2v) is 4.58. The maximum Gasteiger partial charge on any atom is 0.488 e. The van der Waals surface area contributed by atoms with Crippen LogP contribution in [-0.4, -0.2) is 31.3 Å². The van der Waals surface area contributed by atoms with E-state index < -0.39 is 7.12 Å². The van der Waals surface area contributed by atoms with Gasteiger partial charge in [-0.25, -0.2) is 0 Å². The van der Waals surface area contributed by atoms with E-state index >= 15 is 0 Å². The highest BCUT2D eigenvalue weighted by atomic mass is 16.4. The van der Waals surface area contributed by atoms with Gasteiger partial charge in [0.1, 0.15) is 0 Å². The minimum absolute atomic E-state index is 0.393. The summed E-state index contributed by atoms with van der Waals surface area (Å²) in [5.74, 6) is 0. The van der Waals surface area contributed by atoms with Gasteiger partial charge in [-0.15, -0.1) is 0 Å². The second kappa shape index (κ2) is 6.32. The third-order valence-corrected chi connectivity index (χ3v) is 2.82. The van der Waals surface area contributed by atoms with Gasteiger partial charge in [0.15, 0.2) is 0 Å². The second-order valence-electron chi connectivity index (χ2n) is 4.58. The van der Waals surface area contributed by atoms with Crippen LogP contribution in [0.3, 0.4) is 0 Å². The van der Waals surface area contributed by atoms with E-state index in [1.807, 2.05) is 43.3 Å². The van der Waals surface area contributed by atoms with Gasteiger partial charge < -0.3 is 14.9 Å². The first kappa shape index (κ1) is 14.2. The molecular formula is C14H16BN3O2. The van der Waals surface area contributed by atoms with Crippen molar-refractivity contribution in [2.45, 2.75) is 0 Å². The first-order valence-electron chi connectivity index (χ1n) is 6.21. The first-order valence-corrected chi connectivity index (χ1v) is 6.21. The van der Waals surface area contributed by atoms with Gasteiger partial charge in [-0.2, -0.15) is 10.2 Å². The number of benzene rings is 2. The predicted octanol–water partition coefficient (Wildman–Crippen LogP) is 1.85. The summed E-state index contributed by atoms with van der Waals surface area (Å²) in [5.41, 5.74) is 2.80. The Hall–Kier alpha value is -2.18. The lowest BCUT2D eigenvalue weighted by Gasteiger charge is -2.11. The molecule has 2 aromatic rings. The number of hydrogen-bond acceptors (Lipinski definition) is 5. The molecule has 0 fully saturated rings. The van der Waals surface area contributed by atoms with Crippen molar-refractivity contribution in [3.8, 4) is 0 Å². The first-order chi connectivity index (χ1) is 9.56. The van der Waals surface area contributed by atoms with E-state index in [9.17, 15) is 0 Å².